The van der Waals surface area contributed by atoms with Crippen molar-refractivity contribution in [1.82, 2.24) is 5.32 Å². The molecule has 0 aliphatic rings. The molecule has 4 heteroatoms. The minimum absolute atomic E-state index is 0.0510. The van der Waals surface area contributed by atoms with Gasteiger partial charge in [-0.15, -0.1) is 11.8 Å². The van der Waals surface area contributed by atoms with Gasteiger partial charge in [-0.2, -0.15) is 0 Å². The maximum Gasteiger partial charge on any atom is 0.230 e. The third kappa shape index (κ3) is 5.29. The van der Waals surface area contributed by atoms with Crippen molar-refractivity contribution in [2.75, 3.05) is 5.75 Å². The first-order chi connectivity index (χ1) is 11.0. The summed E-state index contributed by atoms with van der Waals surface area (Å²) in [5.74, 6) is 0.457. The highest BCUT2D eigenvalue weighted by Gasteiger charge is 2.13. The zero-order valence-electron chi connectivity index (χ0n) is 13.7. The third-order valence-corrected chi connectivity index (χ3v) is 5.12. The molecule has 2 aromatic rings. The molecule has 1 N–H and O–H groups in total. The lowest BCUT2D eigenvalue weighted by molar-refractivity contribution is -0.119. The summed E-state index contributed by atoms with van der Waals surface area (Å²) < 4.78 is 0. The molecule has 0 saturated carbocycles. The molecule has 122 valence electrons. The molecule has 23 heavy (non-hydrogen) atoms. The van der Waals surface area contributed by atoms with E-state index >= 15 is 0 Å². The molecule has 1 unspecified atom stereocenters. The molecule has 2 rings (SSSR count). The van der Waals surface area contributed by atoms with Crippen molar-refractivity contribution >= 4 is 29.3 Å². The standard InChI is InChI=1S/C19H22ClNOS/c1-4-18(15-6-5-13(2)14(3)11-15)21-19(22)12-23-17-9-7-16(20)8-10-17/h5-11,18H,4,12H2,1-3H3,(H,21,22). The summed E-state index contributed by atoms with van der Waals surface area (Å²) in [6, 6.07) is 14.0. The molecule has 0 fully saturated rings. The van der Waals surface area contributed by atoms with Crippen LogP contribution in [0.2, 0.25) is 5.02 Å². The van der Waals surface area contributed by atoms with Crippen molar-refractivity contribution in [3.63, 3.8) is 0 Å². The first kappa shape index (κ1) is 17.9. The average Bonchev–Trinajstić information content (AvgIpc) is 2.55. The molecule has 0 saturated heterocycles. The molecule has 0 aromatic heterocycles. The first-order valence-electron chi connectivity index (χ1n) is 7.74. The Morgan fingerprint density at radius 3 is 2.43 bits per heavy atom. The van der Waals surface area contributed by atoms with Crippen LogP contribution in [0.25, 0.3) is 0 Å². The molecule has 2 aromatic carbocycles. The van der Waals surface area contributed by atoms with Crippen LogP contribution in [0.1, 0.15) is 36.1 Å². The van der Waals surface area contributed by atoms with E-state index in [-0.39, 0.29) is 11.9 Å². The molecule has 0 radical (unpaired) electrons. The van der Waals surface area contributed by atoms with Gasteiger partial charge < -0.3 is 5.32 Å². The van der Waals surface area contributed by atoms with Gasteiger partial charge in [-0.05, 0) is 61.2 Å². The predicted octanol–water partition coefficient (Wildman–Crippen LogP) is 5.32. The van der Waals surface area contributed by atoms with Gasteiger partial charge in [0.05, 0.1) is 11.8 Å². The van der Waals surface area contributed by atoms with E-state index in [0.717, 1.165) is 11.3 Å². The van der Waals surface area contributed by atoms with Crippen molar-refractivity contribution in [3.05, 3.63) is 64.2 Å². The molecule has 0 aliphatic carbocycles. The molecule has 0 aliphatic heterocycles. The Kier molecular flexibility index (Phi) is 6.55. The maximum absolute atomic E-state index is 12.2. The van der Waals surface area contributed by atoms with E-state index in [9.17, 15) is 4.79 Å². The van der Waals surface area contributed by atoms with Crippen LogP contribution >= 0.6 is 23.4 Å². The predicted molar refractivity (Wildman–Crippen MR) is 99.3 cm³/mol. The Labute approximate surface area is 147 Å². The summed E-state index contributed by atoms with van der Waals surface area (Å²) in [4.78, 5) is 13.3. The first-order valence-corrected chi connectivity index (χ1v) is 9.11. The zero-order chi connectivity index (χ0) is 16.8. The number of benzene rings is 2. The van der Waals surface area contributed by atoms with Gasteiger partial charge in [-0.25, -0.2) is 0 Å². The minimum atomic E-state index is 0.0510. The zero-order valence-corrected chi connectivity index (χ0v) is 15.3. The Bertz CT molecular complexity index is 670. The lowest BCUT2D eigenvalue weighted by atomic mass is 9.99. The summed E-state index contributed by atoms with van der Waals surface area (Å²) in [5.41, 5.74) is 3.69. The quantitative estimate of drug-likeness (QED) is 0.717. The van der Waals surface area contributed by atoms with Gasteiger partial charge in [0.2, 0.25) is 5.91 Å². The van der Waals surface area contributed by atoms with Crippen LogP contribution < -0.4 is 5.32 Å². The second-order valence-electron chi connectivity index (χ2n) is 5.61. The topological polar surface area (TPSA) is 29.1 Å². The van der Waals surface area contributed by atoms with E-state index < -0.39 is 0 Å². The van der Waals surface area contributed by atoms with Gasteiger partial charge in [0.15, 0.2) is 0 Å². The van der Waals surface area contributed by atoms with Crippen LogP contribution in [0, 0.1) is 13.8 Å². The molecule has 0 spiro atoms. The summed E-state index contributed by atoms with van der Waals surface area (Å²) in [7, 11) is 0. The number of amides is 1. The number of nitrogens with one attached hydrogen (secondary N) is 1. The normalized spacial score (nSPS) is 12.0. The highest BCUT2D eigenvalue weighted by Crippen LogP contribution is 2.22. The lowest BCUT2D eigenvalue weighted by Gasteiger charge is -2.18. The molecule has 2 nitrogen and oxygen atoms in total. The summed E-state index contributed by atoms with van der Waals surface area (Å²) in [5, 5.41) is 3.83. The molecule has 1 atom stereocenters. The van der Waals surface area contributed by atoms with E-state index in [1.165, 1.54) is 28.5 Å². The van der Waals surface area contributed by atoms with E-state index in [0.29, 0.717) is 10.8 Å². The Hall–Kier alpha value is -1.45. The number of rotatable bonds is 6. The van der Waals surface area contributed by atoms with Gasteiger partial charge in [-0.1, -0.05) is 36.7 Å². The highest BCUT2D eigenvalue weighted by molar-refractivity contribution is 8.00. The molecular formula is C19H22ClNOS. The van der Waals surface area contributed by atoms with Crippen LogP contribution in [0.4, 0.5) is 0 Å². The maximum atomic E-state index is 12.2. The number of hydrogen-bond acceptors (Lipinski definition) is 2. The number of halogens is 1. The van der Waals surface area contributed by atoms with Crippen LogP contribution in [-0.2, 0) is 4.79 Å². The highest BCUT2D eigenvalue weighted by atomic mass is 35.5. The van der Waals surface area contributed by atoms with Crippen LogP contribution in [0.15, 0.2) is 47.4 Å². The second kappa shape index (κ2) is 8.42. The average molecular weight is 348 g/mol. The molecular weight excluding hydrogens is 326 g/mol. The van der Waals surface area contributed by atoms with Gasteiger partial charge in [0, 0.05) is 9.92 Å². The minimum Gasteiger partial charge on any atom is -0.349 e. The van der Waals surface area contributed by atoms with Gasteiger partial charge >= 0.3 is 0 Å². The van der Waals surface area contributed by atoms with E-state index in [1.54, 1.807) is 0 Å². The number of thioether (sulfide) groups is 1. The summed E-state index contributed by atoms with van der Waals surface area (Å²) in [6.07, 6.45) is 0.875. The third-order valence-electron chi connectivity index (χ3n) is 3.86. The second-order valence-corrected chi connectivity index (χ2v) is 7.10. The van der Waals surface area contributed by atoms with Crippen LogP contribution in [0.5, 0.6) is 0 Å². The van der Waals surface area contributed by atoms with E-state index in [1.807, 2.05) is 24.3 Å². The summed E-state index contributed by atoms with van der Waals surface area (Å²) in [6.45, 7) is 6.29. The van der Waals surface area contributed by atoms with Crippen LogP contribution in [0.3, 0.4) is 0 Å². The van der Waals surface area contributed by atoms with Crippen molar-refractivity contribution in [2.45, 2.75) is 38.1 Å². The SMILES string of the molecule is CCC(NC(=O)CSc1ccc(Cl)cc1)c1ccc(C)c(C)c1. The van der Waals surface area contributed by atoms with Gasteiger partial charge in [0.25, 0.3) is 0 Å². The Morgan fingerprint density at radius 2 is 1.83 bits per heavy atom. The van der Waals surface area contributed by atoms with E-state index in [2.05, 4.69) is 44.3 Å². The molecule has 0 bridgehead atoms. The number of aryl methyl sites for hydroxylation is 2. The van der Waals surface area contributed by atoms with Crippen molar-refractivity contribution in [1.29, 1.82) is 0 Å². The molecule has 1 amide bonds. The lowest BCUT2D eigenvalue weighted by Crippen LogP contribution is -2.29. The van der Waals surface area contributed by atoms with Gasteiger partial charge in [0.1, 0.15) is 0 Å². The number of carbonyl (C=O) groups is 1. The van der Waals surface area contributed by atoms with Crippen LogP contribution in [-0.4, -0.2) is 11.7 Å². The monoisotopic (exact) mass is 347 g/mol. The fraction of sp³-hybridized carbons (Fsp3) is 0.316. The number of carbonyl (C=O) groups excluding carboxylic acids is 1. The Morgan fingerprint density at radius 1 is 1.13 bits per heavy atom. The van der Waals surface area contributed by atoms with E-state index in [4.69, 9.17) is 11.6 Å². The fourth-order valence-corrected chi connectivity index (χ4v) is 3.15. The van der Waals surface area contributed by atoms with Crippen molar-refractivity contribution < 1.29 is 4.79 Å². The largest absolute Gasteiger partial charge is 0.349 e. The smallest absolute Gasteiger partial charge is 0.230 e. The Balaban J connectivity index is 1.94. The summed E-state index contributed by atoms with van der Waals surface area (Å²) >= 11 is 7.38. The van der Waals surface area contributed by atoms with Crippen molar-refractivity contribution in [3.8, 4) is 0 Å². The number of hydrogen-bond donors (Lipinski definition) is 1. The van der Waals surface area contributed by atoms with Crippen molar-refractivity contribution in [2.24, 2.45) is 0 Å². The fourth-order valence-electron chi connectivity index (χ4n) is 2.32. The molecule has 0 heterocycles. The van der Waals surface area contributed by atoms with Gasteiger partial charge in [-0.3, -0.25) is 4.79 Å².